The lowest BCUT2D eigenvalue weighted by Gasteiger charge is -2.22. The van der Waals surface area contributed by atoms with E-state index in [1.54, 1.807) is 37.3 Å². The van der Waals surface area contributed by atoms with Crippen LogP contribution in [0.1, 0.15) is 25.3 Å². The number of benzene rings is 2. The first-order valence-electron chi connectivity index (χ1n) is 11.0. The van der Waals surface area contributed by atoms with Gasteiger partial charge in [0.05, 0.1) is 16.9 Å². The van der Waals surface area contributed by atoms with Crippen LogP contribution in [0.3, 0.4) is 0 Å². The Balaban J connectivity index is 1.54. The van der Waals surface area contributed by atoms with E-state index in [9.17, 15) is 19.2 Å². The van der Waals surface area contributed by atoms with Crippen molar-refractivity contribution in [3.8, 4) is 0 Å². The maximum atomic E-state index is 12.9. The minimum Gasteiger partial charge on any atom is -0.368 e. The van der Waals surface area contributed by atoms with E-state index >= 15 is 0 Å². The second kappa shape index (κ2) is 9.41. The molecule has 0 radical (unpaired) electrons. The summed E-state index contributed by atoms with van der Waals surface area (Å²) in [6, 6.07) is 13.9. The molecule has 0 spiro atoms. The van der Waals surface area contributed by atoms with Gasteiger partial charge >= 0.3 is 5.69 Å². The molecular formula is C24H27N5O4. The molecule has 33 heavy (non-hydrogen) atoms. The number of nitrogens with two attached hydrogens (primary N) is 1. The summed E-state index contributed by atoms with van der Waals surface area (Å²) < 4.78 is 2.45. The van der Waals surface area contributed by atoms with Crippen molar-refractivity contribution in [3.63, 3.8) is 0 Å². The fraction of sp³-hybridized carbons (Fsp3) is 0.333. The SMILES string of the molecule is CCn1c(=O)c2ccccc2n(CC(=O)Nc2cccc(CN3CCCC3C(N)=O)c2)c1=O. The number of primary amides is 1. The molecule has 3 N–H and O–H groups in total. The third-order valence-corrected chi connectivity index (χ3v) is 6.04. The summed E-state index contributed by atoms with van der Waals surface area (Å²) in [5.41, 5.74) is 6.59. The standard InChI is InChI=1S/C24H27N5O4/c1-2-28-23(32)18-9-3-4-10-19(18)29(24(28)33)15-21(30)26-17-8-5-7-16(13-17)14-27-12-6-11-20(27)22(25)31/h3-5,7-10,13,20H,2,6,11-12,14-15H2,1H3,(H2,25,31)(H,26,30). The largest absolute Gasteiger partial charge is 0.368 e. The van der Waals surface area contributed by atoms with Gasteiger partial charge in [-0.2, -0.15) is 0 Å². The highest BCUT2D eigenvalue weighted by Gasteiger charge is 2.28. The quantitative estimate of drug-likeness (QED) is 0.563. The Kier molecular flexibility index (Phi) is 6.41. The van der Waals surface area contributed by atoms with Gasteiger partial charge in [-0.1, -0.05) is 24.3 Å². The molecule has 9 heteroatoms. The summed E-state index contributed by atoms with van der Waals surface area (Å²) in [4.78, 5) is 52.0. The highest BCUT2D eigenvalue weighted by atomic mass is 16.2. The number of fused-ring (bicyclic) bond motifs is 1. The minimum absolute atomic E-state index is 0.217. The summed E-state index contributed by atoms with van der Waals surface area (Å²) in [6.45, 7) is 3.07. The van der Waals surface area contributed by atoms with E-state index in [1.165, 1.54) is 4.57 Å². The predicted molar refractivity (Wildman–Crippen MR) is 126 cm³/mol. The molecule has 1 fully saturated rings. The second-order valence-corrected chi connectivity index (χ2v) is 8.21. The third-order valence-electron chi connectivity index (χ3n) is 6.04. The Hall–Kier alpha value is -3.72. The molecule has 2 heterocycles. The van der Waals surface area contributed by atoms with Crippen LogP contribution in [-0.4, -0.2) is 38.4 Å². The molecule has 1 aliphatic heterocycles. The molecular weight excluding hydrogens is 422 g/mol. The molecule has 172 valence electrons. The average molecular weight is 450 g/mol. The van der Waals surface area contributed by atoms with Crippen molar-refractivity contribution in [2.24, 2.45) is 5.73 Å². The Morgan fingerprint density at radius 3 is 2.64 bits per heavy atom. The fourth-order valence-corrected chi connectivity index (χ4v) is 4.47. The van der Waals surface area contributed by atoms with Crippen molar-refractivity contribution in [1.82, 2.24) is 14.0 Å². The maximum absolute atomic E-state index is 12.9. The van der Waals surface area contributed by atoms with Crippen LogP contribution in [0.5, 0.6) is 0 Å². The van der Waals surface area contributed by atoms with Crippen LogP contribution >= 0.6 is 0 Å². The number of para-hydroxylation sites is 1. The van der Waals surface area contributed by atoms with E-state index in [0.29, 0.717) is 23.1 Å². The number of likely N-dealkylation sites (tertiary alicyclic amines) is 1. The zero-order valence-corrected chi connectivity index (χ0v) is 18.5. The van der Waals surface area contributed by atoms with Crippen LogP contribution in [-0.2, 0) is 29.2 Å². The number of carbonyl (C=O) groups is 2. The zero-order chi connectivity index (χ0) is 23.5. The van der Waals surface area contributed by atoms with E-state index in [4.69, 9.17) is 5.73 Å². The van der Waals surface area contributed by atoms with Gasteiger partial charge in [0.25, 0.3) is 5.56 Å². The van der Waals surface area contributed by atoms with Gasteiger partial charge < -0.3 is 11.1 Å². The van der Waals surface area contributed by atoms with Crippen LogP contribution < -0.4 is 22.3 Å². The summed E-state index contributed by atoms with van der Waals surface area (Å²) in [6.07, 6.45) is 1.68. The Labute approximate surface area is 190 Å². The lowest BCUT2D eigenvalue weighted by molar-refractivity contribution is -0.122. The number of nitrogens with zero attached hydrogens (tertiary/aromatic N) is 3. The maximum Gasteiger partial charge on any atom is 0.331 e. The molecule has 4 rings (SSSR count). The number of amides is 2. The molecule has 1 aromatic heterocycles. The third kappa shape index (κ3) is 4.58. The van der Waals surface area contributed by atoms with E-state index < -0.39 is 5.69 Å². The summed E-state index contributed by atoms with van der Waals surface area (Å²) >= 11 is 0. The Morgan fingerprint density at radius 1 is 1.09 bits per heavy atom. The molecule has 1 aliphatic rings. The normalized spacial score (nSPS) is 16.2. The van der Waals surface area contributed by atoms with Crippen molar-refractivity contribution >= 4 is 28.4 Å². The van der Waals surface area contributed by atoms with Crippen LogP contribution in [0.15, 0.2) is 58.1 Å². The number of aromatic nitrogens is 2. The molecule has 0 saturated carbocycles. The molecule has 1 unspecified atom stereocenters. The first kappa shape index (κ1) is 22.5. The number of hydrogen-bond acceptors (Lipinski definition) is 5. The van der Waals surface area contributed by atoms with E-state index in [1.807, 2.05) is 23.1 Å². The van der Waals surface area contributed by atoms with Gasteiger partial charge in [-0.05, 0) is 56.1 Å². The number of anilines is 1. The molecule has 1 atom stereocenters. The first-order chi connectivity index (χ1) is 15.9. The van der Waals surface area contributed by atoms with Gasteiger partial charge in [-0.25, -0.2) is 4.79 Å². The van der Waals surface area contributed by atoms with Crippen molar-refractivity contribution in [1.29, 1.82) is 0 Å². The minimum atomic E-state index is -0.517. The predicted octanol–water partition coefficient (Wildman–Crippen LogP) is 1.27. The fourth-order valence-electron chi connectivity index (χ4n) is 4.47. The summed E-state index contributed by atoms with van der Waals surface area (Å²) in [7, 11) is 0. The molecule has 2 aromatic carbocycles. The molecule has 0 aliphatic carbocycles. The molecule has 1 saturated heterocycles. The van der Waals surface area contributed by atoms with Crippen LogP contribution in [0.2, 0.25) is 0 Å². The number of rotatable bonds is 7. The van der Waals surface area contributed by atoms with Crippen molar-refractivity contribution in [2.75, 3.05) is 11.9 Å². The van der Waals surface area contributed by atoms with Gasteiger partial charge in [-0.15, -0.1) is 0 Å². The van der Waals surface area contributed by atoms with Gasteiger partial charge in [0.1, 0.15) is 6.54 Å². The molecule has 2 amide bonds. The summed E-state index contributed by atoms with van der Waals surface area (Å²) in [5, 5.41) is 3.23. The molecule has 0 bridgehead atoms. The van der Waals surface area contributed by atoms with Gasteiger partial charge in [-0.3, -0.25) is 28.4 Å². The molecule has 9 nitrogen and oxygen atoms in total. The zero-order valence-electron chi connectivity index (χ0n) is 18.5. The Morgan fingerprint density at radius 2 is 1.88 bits per heavy atom. The summed E-state index contributed by atoms with van der Waals surface area (Å²) in [5.74, 6) is -0.695. The van der Waals surface area contributed by atoms with Crippen LogP contribution in [0, 0.1) is 0 Å². The number of carbonyl (C=O) groups excluding carboxylic acids is 2. The van der Waals surface area contributed by atoms with Gasteiger partial charge in [0, 0.05) is 18.8 Å². The van der Waals surface area contributed by atoms with E-state index in [-0.39, 0.29) is 36.5 Å². The monoisotopic (exact) mass is 449 g/mol. The highest BCUT2D eigenvalue weighted by Crippen LogP contribution is 2.21. The van der Waals surface area contributed by atoms with E-state index in [0.717, 1.165) is 29.5 Å². The smallest absolute Gasteiger partial charge is 0.331 e. The second-order valence-electron chi connectivity index (χ2n) is 8.21. The first-order valence-corrected chi connectivity index (χ1v) is 11.0. The van der Waals surface area contributed by atoms with Crippen molar-refractivity contribution < 1.29 is 9.59 Å². The number of nitrogens with one attached hydrogen (secondary N) is 1. The lowest BCUT2D eigenvalue weighted by atomic mass is 10.1. The van der Waals surface area contributed by atoms with Crippen molar-refractivity contribution in [2.45, 2.75) is 45.4 Å². The van der Waals surface area contributed by atoms with E-state index in [2.05, 4.69) is 5.32 Å². The van der Waals surface area contributed by atoms with Gasteiger partial charge in [0.2, 0.25) is 11.8 Å². The van der Waals surface area contributed by atoms with Crippen LogP contribution in [0.25, 0.3) is 10.9 Å². The topological polar surface area (TPSA) is 119 Å². The lowest BCUT2D eigenvalue weighted by Crippen LogP contribution is -2.41. The van der Waals surface area contributed by atoms with Crippen molar-refractivity contribution in [3.05, 3.63) is 74.9 Å². The average Bonchev–Trinajstić information content (AvgIpc) is 3.26. The van der Waals surface area contributed by atoms with Crippen LogP contribution in [0.4, 0.5) is 5.69 Å². The van der Waals surface area contributed by atoms with Gasteiger partial charge in [0.15, 0.2) is 0 Å². The molecule has 3 aromatic rings. The number of hydrogen-bond donors (Lipinski definition) is 2. The highest BCUT2D eigenvalue weighted by molar-refractivity contribution is 5.91. The Bertz CT molecular complexity index is 1330.